The molecule has 0 aliphatic heterocycles. The summed E-state index contributed by atoms with van der Waals surface area (Å²) < 4.78 is 12.6. The molecule has 0 aromatic carbocycles. The third kappa shape index (κ3) is 1.22. The Kier molecular flexibility index (Phi) is 1.65. The Morgan fingerprint density at radius 2 is 2.42 bits per heavy atom. The Morgan fingerprint density at radius 3 is 3.00 bits per heavy atom. The highest BCUT2D eigenvalue weighted by Gasteiger charge is 2.40. The molecule has 2 unspecified atom stereocenters. The van der Waals surface area contributed by atoms with E-state index in [9.17, 15) is 9.18 Å². The van der Waals surface area contributed by atoms with Gasteiger partial charge in [-0.05, 0) is 12.5 Å². The highest BCUT2D eigenvalue weighted by Crippen LogP contribution is 2.42. The number of alkyl halides is 1. The van der Waals surface area contributed by atoms with E-state index in [0.717, 1.165) is 0 Å². The summed E-state index contributed by atoms with van der Waals surface area (Å²) in [6.07, 6.45) is -0.465. The predicted octanol–water partition coefficient (Wildman–Crippen LogP) is 1.25. The van der Waals surface area contributed by atoms with Gasteiger partial charge in [0.1, 0.15) is 11.3 Å². The molecule has 0 saturated heterocycles. The van der Waals surface area contributed by atoms with Crippen LogP contribution in [0.4, 0.5) is 4.39 Å². The summed E-state index contributed by atoms with van der Waals surface area (Å²) in [5.41, 5.74) is 0.0621. The maximum Gasteiger partial charge on any atom is 0.267 e. The highest BCUT2D eigenvalue weighted by atomic mass is 35.5. The summed E-state index contributed by atoms with van der Waals surface area (Å²) in [5, 5.41) is 5.88. The fourth-order valence-electron chi connectivity index (χ4n) is 1.16. The highest BCUT2D eigenvalue weighted by molar-refractivity contribution is 6.29. The van der Waals surface area contributed by atoms with E-state index >= 15 is 0 Å². The molecule has 0 bridgehead atoms. The van der Waals surface area contributed by atoms with Gasteiger partial charge in [0.2, 0.25) is 0 Å². The minimum Gasteiger partial charge on any atom is -0.268 e. The fourth-order valence-corrected chi connectivity index (χ4v) is 1.32. The zero-order chi connectivity index (χ0) is 8.72. The molecule has 1 heterocycles. The van der Waals surface area contributed by atoms with Crippen molar-refractivity contribution in [1.29, 1.82) is 0 Å². The van der Waals surface area contributed by atoms with E-state index in [1.165, 1.54) is 6.07 Å². The van der Waals surface area contributed by atoms with Crippen LogP contribution in [0.3, 0.4) is 0 Å². The van der Waals surface area contributed by atoms with Gasteiger partial charge < -0.3 is 0 Å². The monoisotopic (exact) mass is 188 g/mol. The predicted molar refractivity (Wildman–Crippen MR) is 42.1 cm³/mol. The minimum atomic E-state index is -0.885. The van der Waals surface area contributed by atoms with E-state index in [2.05, 4.69) is 10.2 Å². The van der Waals surface area contributed by atoms with Crippen LogP contribution >= 0.6 is 11.6 Å². The second kappa shape index (κ2) is 2.55. The molecule has 1 aromatic heterocycles. The fraction of sp³-hybridized carbons (Fsp3) is 0.429. The molecule has 1 fully saturated rings. The van der Waals surface area contributed by atoms with Crippen molar-refractivity contribution in [3.05, 3.63) is 27.1 Å². The first-order valence-corrected chi connectivity index (χ1v) is 3.95. The molecule has 0 spiro atoms. The Bertz CT molecular complexity index is 365. The molecule has 1 aliphatic carbocycles. The first kappa shape index (κ1) is 7.73. The van der Waals surface area contributed by atoms with E-state index in [4.69, 9.17) is 11.6 Å². The van der Waals surface area contributed by atoms with Gasteiger partial charge in [-0.3, -0.25) is 4.79 Å². The quantitative estimate of drug-likeness (QED) is 0.721. The van der Waals surface area contributed by atoms with E-state index in [1.54, 1.807) is 0 Å². The molecule has 1 aromatic rings. The van der Waals surface area contributed by atoms with Gasteiger partial charge in [-0.15, -0.1) is 0 Å². The number of H-pyrrole nitrogens is 1. The Hall–Kier alpha value is -0.900. The number of aromatic amines is 1. The van der Waals surface area contributed by atoms with Crippen LogP contribution in [0, 0.1) is 0 Å². The lowest BCUT2D eigenvalue weighted by atomic mass is 10.2. The van der Waals surface area contributed by atoms with Crippen LogP contribution in [0.2, 0.25) is 5.15 Å². The number of halogens is 2. The molecule has 64 valence electrons. The zero-order valence-electron chi connectivity index (χ0n) is 6.05. The number of hydrogen-bond donors (Lipinski definition) is 1. The van der Waals surface area contributed by atoms with E-state index in [-0.39, 0.29) is 16.6 Å². The summed E-state index contributed by atoms with van der Waals surface area (Å²) in [6.45, 7) is 0. The molecule has 1 saturated carbocycles. The van der Waals surface area contributed by atoms with Crippen LogP contribution in [0.5, 0.6) is 0 Å². The summed E-state index contributed by atoms with van der Waals surface area (Å²) in [7, 11) is 0. The third-order valence-electron chi connectivity index (χ3n) is 1.91. The zero-order valence-corrected chi connectivity index (χ0v) is 6.81. The molecule has 2 rings (SSSR count). The van der Waals surface area contributed by atoms with Crippen LogP contribution in [0.25, 0.3) is 0 Å². The van der Waals surface area contributed by atoms with E-state index < -0.39 is 6.17 Å². The summed E-state index contributed by atoms with van der Waals surface area (Å²) >= 11 is 5.53. The van der Waals surface area contributed by atoms with E-state index in [1.807, 2.05) is 0 Å². The van der Waals surface area contributed by atoms with Gasteiger partial charge in [0, 0.05) is 11.5 Å². The molecule has 2 atom stereocenters. The van der Waals surface area contributed by atoms with Crippen LogP contribution < -0.4 is 5.56 Å². The van der Waals surface area contributed by atoms with Crippen molar-refractivity contribution in [2.24, 2.45) is 0 Å². The average Bonchev–Trinajstić information content (AvgIpc) is 2.73. The number of nitrogens with one attached hydrogen (secondary N) is 1. The topological polar surface area (TPSA) is 45.8 Å². The summed E-state index contributed by atoms with van der Waals surface area (Å²) in [5.74, 6) is -0.269. The maximum absolute atomic E-state index is 12.6. The number of rotatable bonds is 1. The van der Waals surface area contributed by atoms with Crippen molar-refractivity contribution < 1.29 is 4.39 Å². The normalized spacial score (nSPS) is 27.2. The molecule has 12 heavy (non-hydrogen) atoms. The Labute approximate surface area is 72.6 Å². The van der Waals surface area contributed by atoms with Gasteiger partial charge in [-0.2, -0.15) is 5.10 Å². The molecule has 5 heteroatoms. The minimum absolute atomic E-state index is 0.198. The van der Waals surface area contributed by atoms with Crippen molar-refractivity contribution in [3.63, 3.8) is 0 Å². The van der Waals surface area contributed by atoms with Crippen LogP contribution in [-0.2, 0) is 0 Å². The first-order valence-electron chi connectivity index (χ1n) is 3.57. The van der Waals surface area contributed by atoms with Gasteiger partial charge in [0.25, 0.3) is 5.56 Å². The van der Waals surface area contributed by atoms with Crippen LogP contribution in [0.1, 0.15) is 17.9 Å². The van der Waals surface area contributed by atoms with Gasteiger partial charge in [-0.25, -0.2) is 9.49 Å². The number of hydrogen-bond acceptors (Lipinski definition) is 2. The SMILES string of the molecule is O=c1[nH]nc(Cl)cc1C1CC1F. The largest absolute Gasteiger partial charge is 0.268 e. The summed E-state index contributed by atoms with van der Waals surface area (Å²) in [6, 6.07) is 1.42. The summed E-state index contributed by atoms with van der Waals surface area (Å²) in [4.78, 5) is 11.1. The maximum atomic E-state index is 12.6. The smallest absolute Gasteiger partial charge is 0.267 e. The number of nitrogens with zero attached hydrogens (tertiary/aromatic N) is 1. The van der Waals surface area contributed by atoms with Gasteiger partial charge in [0.15, 0.2) is 0 Å². The molecule has 1 N–H and O–H groups in total. The molecule has 1 aliphatic rings. The van der Waals surface area contributed by atoms with Crippen LogP contribution in [0.15, 0.2) is 10.9 Å². The first-order chi connectivity index (χ1) is 5.68. The van der Waals surface area contributed by atoms with Crippen molar-refractivity contribution in [2.45, 2.75) is 18.5 Å². The van der Waals surface area contributed by atoms with Gasteiger partial charge >= 0.3 is 0 Å². The van der Waals surface area contributed by atoms with Crippen molar-refractivity contribution in [1.82, 2.24) is 10.2 Å². The molecule has 3 nitrogen and oxygen atoms in total. The lowest BCUT2D eigenvalue weighted by Gasteiger charge is -1.94. The second-order valence-electron chi connectivity index (χ2n) is 2.83. The Balaban J connectivity index is 2.43. The standard InChI is InChI=1S/C7H6ClFN2O/c8-6-2-4(3-1-5(3)9)7(12)11-10-6/h2-3,5H,1H2,(H,11,12). The second-order valence-corrected chi connectivity index (χ2v) is 3.22. The van der Waals surface area contributed by atoms with Gasteiger partial charge in [0.05, 0.1) is 0 Å². The third-order valence-corrected chi connectivity index (χ3v) is 2.11. The molecule has 0 radical (unpaired) electrons. The molecular weight excluding hydrogens is 183 g/mol. The van der Waals surface area contributed by atoms with Crippen molar-refractivity contribution in [2.75, 3.05) is 0 Å². The average molecular weight is 189 g/mol. The Morgan fingerprint density at radius 1 is 1.75 bits per heavy atom. The van der Waals surface area contributed by atoms with Crippen molar-refractivity contribution >= 4 is 11.6 Å². The van der Waals surface area contributed by atoms with E-state index in [0.29, 0.717) is 12.0 Å². The van der Waals surface area contributed by atoms with Crippen LogP contribution in [-0.4, -0.2) is 16.4 Å². The number of aromatic nitrogens is 2. The van der Waals surface area contributed by atoms with Gasteiger partial charge in [-0.1, -0.05) is 11.6 Å². The molecule has 0 amide bonds. The molecular formula is C7H6ClFN2O. The lowest BCUT2D eigenvalue weighted by Crippen LogP contribution is -2.13. The lowest BCUT2D eigenvalue weighted by molar-refractivity contribution is 0.467. The van der Waals surface area contributed by atoms with Crippen molar-refractivity contribution in [3.8, 4) is 0 Å².